The fourth-order valence-electron chi connectivity index (χ4n) is 2.90. The van der Waals surface area contributed by atoms with Crippen molar-refractivity contribution >= 4 is 41.6 Å². The Morgan fingerprint density at radius 1 is 1.19 bits per heavy atom. The van der Waals surface area contributed by atoms with Crippen LogP contribution in [-0.2, 0) is 9.53 Å². The number of nitrogens with zero attached hydrogens (tertiary/aromatic N) is 2. The molecule has 0 aliphatic carbocycles. The molecule has 1 heterocycles. The SMILES string of the molecule is CCOC(=O)CCN1C=C(c2ccc(F)cc2)N(c2ccc(Cl)cc2)C1S. The second-order valence-electron chi connectivity index (χ2n) is 6.01. The van der Waals surface area contributed by atoms with E-state index in [-0.39, 0.29) is 23.7 Å². The fraction of sp³-hybridized carbons (Fsp3) is 0.250. The maximum Gasteiger partial charge on any atom is 0.307 e. The van der Waals surface area contributed by atoms with Gasteiger partial charge in [0.15, 0.2) is 5.50 Å². The first-order valence-corrected chi connectivity index (χ1v) is 9.51. The molecule has 0 amide bonds. The van der Waals surface area contributed by atoms with Gasteiger partial charge in [-0.2, -0.15) is 0 Å². The average molecular weight is 407 g/mol. The third-order valence-corrected chi connectivity index (χ3v) is 4.98. The van der Waals surface area contributed by atoms with Gasteiger partial charge in [-0.1, -0.05) is 11.6 Å². The van der Waals surface area contributed by atoms with E-state index in [0.717, 1.165) is 16.9 Å². The van der Waals surface area contributed by atoms with Crippen LogP contribution in [0.1, 0.15) is 18.9 Å². The third-order valence-electron chi connectivity index (χ3n) is 4.20. The first-order chi connectivity index (χ1) is 13.0. The lowest BCUT2D eigenvalue weighted by Crippen LogP contribution is -2.36. The van der Waals surface area contributed by atoms with Crippen LogP contribution in [0.25, 0.3) is 5.70 Å². The Balaban J connectivity index is 1.90. The molecule has 7 heteroatoms. The Bertz CT molecular complexity index is 827. The van der Waals surface area contributed by atoms with Gasteiger partial charge in [0.2, 0.25) is 0 Å². The monoisotopic (exact) mass is 406 g/mol. The summed E-state index contributed by atoms with van der Waals surface area (Å²) in [5.74, 6) is -0.545. The Kier molecular flexibility index (Phi) is 6.29. The molecule has 0 aromatic heterocycles. The van der Waals surface area contributed by atoms with Gasteiger partial charge in [0.25, 0.3) is 0 Å². The van der Waals surface area contributed by atoms with E-state index in [1.165, 1.54) is 12.1 Å². The number of benzene rings is 2. The molecule has 142 valence electrons. The number of thiol groups is 1. The zero-order valence-electron chi connectivity index (χ0n) is 14.8. The number of hydrogen-bond donors (Lipinski definition) is 1. The van der Waals surface area contributed by atoms with Crippen LogP contribution < -0.4 is 4.90 Å². The summed E-state index contributed by atoms with van der Waals surface area (Å²) in [6, 6.07) is 13.7. The lowest BCUT2D eigenvalue weighted by atomic mass is 10.1. The molecule has 1 aliphatic rings. The minimum atomic E-state index is -0.319. The quantitative estimate of drug-likeness (QED) is 0.553. The number of esters is 1. The molecule has 0 saturated carbocycles. The zero-order chi connectivity index (χ0) is 19.4. The van der Waals surface area contributed by atoms with Crippen molar-refractivity contribution in [2.45, 2.75) is 18.8 Å². The number of rotatable bonds is 6. The highest BCUT2D eigenvalue weighted by Gasteiger charge is 2.31. The van der Waals surface area contributed by atoms with Crippen LogP contribution in [-0.4, -0.2) is 29.5 Å². The summed E-state index contributed by atoms with van der Waals surface area (Å²) in [6.07, 6.45) is 2.19. The molecule has 4 nitrogen and oxygen atoms in total. The molecule has 0 fully saturated rings. The molecule has 1 atom stereocenters. The molecule has 0 saturated heterocycles. The van der Waals surface area contributed by atoms with E-state index < -0.39 is 0 Å². The molecular weight excluding hydrogens is 387 g/mol. The fourth-order valence-corrected chi connectivity index (χ4v) is 3.47. The van der Waals surface area contributed by atoms with Crippen LogP contribution in [0.2, 0.25) is 5.02 Å². The van der Waals surface area contributed by atoms with Gasteiger partial charge in [-0.3, -0.25) is 4.79 Å². The van der Waals surface area contributed by atoms with Gasteiger partial charge in [0.05, 0.1) is 18.7 Å². The predicted octanol–water partition coefficient (Wildman–Crippen LogP) is 4.77. The minimum absolute atomic E-state index is 0.250. The molecule has 1 unspecified atom stereocenters. The van der Waals surface area contributed by atoms with Crippen molar-refractivity contribution in [3.63, 3.8) is 0 Å². The van der Waals surface area contributed by atoms with E-state index in [0.29, 0.717) is 18.2 Å². The highest BCUT2D eigenvalue weighted by atomic mass is 35.5. The van der Waals surface area contributed by atoms with Gasteiger partial charge in [0.1, 0.15) is 5.82 Å². The van der Waals surface area contributed by atoms with Crippen molar-refractivity contribution in [3.8, 4) is 0 Å². The van der Waals surface area contributed by atoms with E-state index in [1.807, 2.05) is 28.1 Å². The molecule has 1 aliphatic heterocycles. The minimum Gasteiger partial charge on any atom is -0.466 e. The summed E-state index contributed by atoms with van der Waals surface area (Å²) in [5, 5.41) is 0.639. The van der Waals surface area contributed by atoms with Crippen molar-refractivity contribution in [1.29, 1.82) is 0 Å². The molecular formula is C20H20ClFN2O2S. The highest BCUT2D eigenvalue weighted by molar-refractivity contribution is 7.81. The van der Waals surface area contributed by atoms with Crippen molar-refractivity contribution < 1.29 is 13.9 Å². The molecule has 3 rings (SSSR count). The molecule has 0 radical (unpaired) electrons. The zero-order valence-corrected chi connectivity index (χ0v) is 16.5. The van der Waals surface area contributed by atoms with Crippen molar-refractivity contribution in [2.75, 3.05) is 18.1 Å². The lowest BCUT2D eigenvalue weighted by molar-refractivity contribution is -0.143. The third kappa shape index (κ3) is 4.57. The Labute approximate surface area is 168 Å². The summed E-state index contributed by atoms with van der Waals surface area (Å²) in [4.78, 5) is 15.7. The lowest BCUT2D eigenvalue weighted by Gasteiger charge is -2.30. The van der Waals surface area contributed by atoms with Gasteiger partial charge in [-0.15, -0.1) is 12.6 Å². The van der Waals surface area contributed by atoms with Crippen LogP contribution >= 0.6 is 24.2 Å². The molecule has 0 spiro atoms. The van der Waals surface area contributed by atoms with Crippen LogP contribution in [0.3, 0.4) is 0 Å². The van der Waals surface area contributed by atoms with Crippen LogP contribution in [0.5, 0.6) is 0 Å². The van der Waals surface area contributed by atoms with Gasteiger partial charge in [-0.05, 0) is 61.0 Å². The Hall–Kier alpha value is -2.18. The van der Waals surface area contributed by atoms with E-state index in [9.17, 15) is 9.18 Å². The van der Waals surface area contributed by atoms with Gasteiger partial charge >= 0.3 is 5.97 Å². The largest absolute Gasteiger partial charge is 0.466 e. The second-order valence-corrected chi connectivity index (χ2v) is 6.91. The van der Waals surface area contributed by atoms with Crippen molar-refractivity contribution in [1.82, 2.24) is 4.90 Å². The molecule has 2 aromatic rings. The summed E-state index contributed by atoms with van der Waals surface area (Å²) in [7, 11) is 0. The Morgan fingerprint density at radius 2 is 1.85 bits per heavy atom. The number of anilines is 1. The second kappa shape index (κ2) is 8.67. The number of carbonyl (C=O) groups is 1. The smallest absolute Gasteiger partial charge is 0.307 e. The molecule has 2 aromatic carbocycles. The summed E-state index contributed by atoms with van der Waals surface area (Å²) in [6.45, 7) is 2.60. The van der Waals surface area contributed by atoms with E-state index in [4.69, 9.17) is 29.0 Å². The van der Waals surface area contributed by atoms with Gasteiger partial charge in [0, 0.05) is 23.5 Å². The number of halogens is 2. The summed E-state index contributed by atoms with van der Waals surface area (Å²) >= 11 is 10.8. The molecule has 27 heavy (non-hydrogen) atoms. The number of carbonyl (C=O) groups excluding carboxylic acids is 1. The van der Waals surface area contributed by atoms with Crippen molar-refractivity contribution in [2.24, 2.45) is 0 Å². The average Bonchev–Trinajstić information content (AvgIpc) is 2.98. The van der Waals surface area contributed by atoms with E-state index in [1.54, 1.807) is 31.2 Å². The van der Waals surface area contributed by atoms with Gasteiger partial charge in [-0.25, -0.2) is 4.39 Å². The van der Waals surface area contributed by atoms with Crippen LogP contribution in [0.4, 0.5) is 10.1 Å². The number of hydrogen-bond acceptors (Lipinski definition) is 5. The summed E-state index contributed by atoms with van der Waals surface area (Å²) in [5.41, 5.74) is 2.29. The molecule has 0 N–H and O–H groups in total. The highest BCUT2D eigenvalue weighted by Crippen LogP contribution is 2.37. The Morgan fingerprint density at radius 3 is 2.48 bits per heavy atom. The van der Waals surface area contributed by atoms with Crippen LogP contribution in [0, 0.1) is 5.82 Å². The number of ether oxygens (including phenoxy) is 1. The maximum absolute atomic E-state index is 13.3. The first-order valence-electron chi connectivity index (χ1n) is 8.61. The normalized spacial score (nSPS) is 16.4. The summed E-state index contributed by atoms with van der Waals surface area (Å²) < 4.78 is 18.4. The standard InChI is InChI=1S/C20H20ClFN2O2S/c1-2-26-19(25)11-12-23-13-18(14-3-7-16(22)8-4-14)24(20(23)27)17-9-5-15(21)6-10-17/h3-10,13,20,27H,2,11-12H2,1H3. The first kappa shape index (κ1) is 19.6. The van der Waals surface area contributed by atoms with E-state index >= 15 is 0 Å². The van der Waals surface area contributed by atoms with Crippen LogP contribution in [0.15, 0.2) is 54.7 Å². The van der Waals surface area contributed by atoms with Crippen molar-refractivity contribution in [3.05, 3.63) is 71.1 Å². The van der Waals surface area contributed by atoms with Gasteiger partial charge < -0.3 is 14.5 Å². The predicted molar refractivity (Wildman–Crippen MR) is 109 cm³/mol. The maximum atomic E-state index is 13.3. The molecule has 0 bridgehead atoms. The van der Waals surface area contributed by atoms with E-state index in [2.05, 4.69) is 0 Å². The topological polar surface area (TPSA) is 32.8 Å².